The topological polar surface area (TPSA) is 42.7 Å². The van der Waals surface area contributed by atoms with Crippen LogP contribution < -0.4 is 0 Å². The van der Waals surface area contributed by atoms with Crippen molar-refractivity contribution in [2.45, 2.75) is 66.7 Å². The highest BCUT2D eigenvalue weighted by Crippen LogP contribution is 2.19. The highest BCUT2D eigenvalue weighted by Gasteiger charge is 2.13. The fourth-order valence-electron chi connectivity index (χ4n) is 3.10. The van der Waals surface area contributed by atoms with E-state index in [0.29, 0.717) is 0 Å². The van der Waals surface area contributed by atoms with E-state index in [9.17, 15) is 0 Å². The Balaban J connectivity index is 0.00000254. The number of rotatable bonds is 9. The molecule has 0 saturated carbocycles. The number of allylic oxidation sites excluding steroid dienone is 2. The van der Waals surface area contributed by atoms with Crippen molar-refractivity contribution in [3.63, 3.8) is 0 Å². The minimum atomic E-state index is 0.917. The molecule has 0 aliphatic carbocycles. The predicted molar refractivity (Wildman–Crippen MR) is 109 cm³/mol. The van der Waals surface area contributed by atoms with Crippen LogP contribution in [0.5, 0.6) is 0 Å². The van der Waals surface area contributed by atoms with Gasteiger partial charge in [0.15, 0.2) is 0 Å². The Labute approximate surface area is 150 Å². The third kappa shape index (κ3) is 8.74. The van der Waals surface area contributed by atoms with Crippen LogP contribution in [-0.4, -0.2) is 61.6 Å². The average molecular weight is 337 g/mol. The third-order valence-electron chi connectivity index (χ3n) is 4.54. The summed E-state index contributed by atoms with van der Waals surface area (Å²) in [6, 6.07) is 0. The quantitative estimate of drug-likeness (QED) is 0.493. The number of hydrogen-bond acceptors (Lipinski definition) is 3. The van der Waals surface area contributed by atoms with Gasteiger partial charge in [0.1, 0.15) is 6.34 Å². The second-order valence-corrected chi connectivity index (χ2v) is 6.32. The summed E-state index contributed by atoms with van der Waals surface area (Å²) < 4.78 is 0. The zero-order valence-corrected chi connectivity index (χ0v) is 17.0. The smallest absolute Gasteiger partial charge is 0.107 e. The molecule has 0 atom stereocenters. The van der Waals surface area contributed by atoms with Crippen LogP contribution in [0.15, 0.2) is 16.1 Å². The van der Waals surface area contributed by atoms with Gasteiger partial charge in [0.05, 0.1) is 0 Å². The Morgan fingerprint density at radius 2 is 1.71 bits per heavy atom. The van der Waals surface area contributed by atoms with Gasteiger partial charge in [0.25, 0.3) is 0 Å². The average Bonchev–Trinajstić information content (AvgIpc) is 2.61. The van der Waals surface area contributed by atoms with Crippen LogP contribution in [0.1, 0.15) is 66.7 Å². The first-order valence-electron chi connectivity index (χ1n) is 9.77. The molecule has 4 heteroatoms. The maximum atomic E-state index is 7.25. The lowest BCUT2D eigenvalue weighted by Crippen LogP contribution is -2.44. The van der Waals surface area contributed by atoms with Crippen molar-refractivity contribution in [2.75, 3.05) is 39.8 Å². The molecule has 1 fully saturated rings. The lowest BCUT2D eigenvalue weighted by Gasteiger charge is -2.32. The first-order valence-corrected chi connectivity index (χ1v) is 9.77. The molecule has 1 saturated heterocycles. The minimum absolute atomic E-state index is 0.917. The maximum Gasteiger partial charge on any atom is 0.107 e. The first-order chi connectivity index (χ1) is 11.6. The Kier molecular flexibility index (Phi) is 13.8. The van der Waals surface area contributed by atoms with Crippen molar-refractivity contribution in [1.29, 1.82) is 5.41 Å². The van der Waals surface area contributed by atoms with Crippen molar-refractivity contribution in [1.82, 2.24) is 9.80 Å². The molecule has 0 amide bonds. The molecule has 0 unspecified atom stereocenters. The van der Waals surface area contributed by atoms with Crippen LogP contribution >= 0.6 is 0 Å². The SMILES string of the molecule is CC.CCC/C(C(CC)=NC=N)=C(/C)CCCN1CCN(C)CC1. The van der Waals surface area contributed by atoms with Gasteiger partial charge >= 0.3 is 0 Å². The van der Waals surface area contributed by atoms with Crippen LogP contribution in [0.2, 0.25) is 0 Å². The molecular weight excluding hydrogens is 296 g/mol. The molecular formula is C20H40N4. The second kappa shape index (κ2) is 14.4. The third-order valence-corrected chi connectivity index (χ3v) is 4.54. The standard InChI is InChI=1S/C18H34N4.C2H6/c1-5-8-17(18(6-2)20-15-19)16(3)9-7-10-22-13-11-21(4)12-14-22;1-2/h15,19H,5-14H2,1-4H3;1-2H3/b17-16+,19-15?,20-18?;. The first kappa shape index (κ1) is 23.0. The maximum absolute atomic E-state index is 7.25. The number of nitrogens with one attached hydrogen (secondary N) is 1. The van der Waals surface area contributed by atoms with E-state index in [1.807, 2.05) is 13.8 Å². The summed E-state index contributed by atoms with van der Waals surface area (Å²) in [5.74, 6) is 0. The van der Waals surface area contributed by atoms with Gasteiger partial charge in [-0.3, -0.25) is 5.41 Å². The second-order valence-electron chi connectivity index (χ2n) is 6.32. The fourth-order valence-corrected chi connectivity index (χ4v) is 3.10. The van der Waals surface area contributed by atoms with Gasteiger partial charge in [-0.05, 0) is 51.8 Å². The predicted octanol–water partition coefficient (Wildman–Crippen LogP) is 4.61. The number of hydrogen-bond donors (Lipinski definition) is 1. The molecule has 0 aromatic heterocycles. The van der Waals surface area contributed by atoms with Gasteiger partial charge in [-0.1, -0.05) is 39.7 Å². The van der Waals surface area contributed by atoms with E-state index in [2.05, 4.69) is 42.6 Å². The van der Waals surface area contributed by atoms with Gasteiger partial charge in [0, 0.05) is 31.9 Å². The number of nitrogens with zero attached hydrogens (tertiary/aromatic N) is 3. The van der Waals surface area contributed by atoms with Crippen LogP contribution in [0.4, 0.5) is 0 Å². The Morgan fingerprint density at radius 3 is 2.21 bits per heavy atom. The highest BCUT2D eigenvalue weighted by molar-refractivity contribution is 6.03. The molecule has 0 radical (unpaired) electrons. The van der Waals surface area contributed by atoms with Crippen LogP contribution in [0.3, 0.4) is 0 Å². The summed E-state index contributed by atoms with van der Waals surface area (Å²) in [5, 5.41) is 7.25. The molecule has 140 valence electrons. The Bertz CT molecular complexity index is 390. The van der Waals surface area contributed by atoms with Crippen molar-refractivity contribution in [3.05, 3.63) is 11.1 Å². The Hall–Kier alpha value is -1.00. The van der Waals surface area contributed by atoms with Gasteiger partial charge in [-0.15, -0.1) is 0 Å². The van der Waals surface area contributed by atoms with Crippen LogP contribution in [-0.2, 0) is 0 Å². The number of aliphatic imine (C=N–C) groups is 1. The van der Waals surface area contributed by atoms with Gasteiger partial charge in [-0.2, -0.15) is 0 Å². The summed E-state index contributed by atoms with van der Waals surface area (Å²) >= 11 is 0. The van der Waals surface area contributed by atoms with E-state index in [-0.39, 0.29) is 0 Å². The highest BCUT2D eigenvalue weighted by atomic mass is 15.2. The molecule has 1 aliphatic rings. The van der Waals surface area contributed by atoms with Gasteiger partial charge in [0.2, 0.25) is 0 Å². The van der Waals surface area contributed by atoms with Gasteiger partial charge in [-0.25, -0.2) is 4.99 Å². The molecule has 0 aromatic carbocycles. The lowest BCUT2D eigenvalue weighted by atomic mass is 9.95. The summed E-state index contributed by atoms with van der Waals surface area (Å²) in [6.07, 6.45) is 6.71. The van der Waals surface area contributed by atoms with E-state index < -0.39 is 0 Å². The van der Waals surface area contributed by atoms with Crippen molar-refractivity contribution in [2.24, 2.45) is 4.99 Å². The Morgan fingerprint density at radius 1 is 1.08 bits per heavy atom. The molecule has 0 aromatic rings. The molecule has 1 N–H and O–H groups in total. The zero-order chi connectivity index (χ0) is 18.4. The van der Waals surface area contributed by atoms with Crippen LogP contribution in [0.25, 0.3) is 0 Å². The monoisotopic (exact) mass is 336 g/mol. The summed E-state index contributed by atoms with van der Waals surface area (Å²) in [6.45, 7) is 16.6. The van der Waals surface area contributed by atoms with E-state index in [1.54, 1.807) is 0 Å². The van der Waals surface area contributed by atoms with E-state index in [1.165, 1.54) is 56.6 Å². The van der Waals surface area contributed by atoms with E-state index in [0.717, 1.165) is 31.4 Å². The molecule has 24 heavy (non-hydrogen) atoms. The largest absolute Gasteiger partial charge is 0.304 e. The minimum Gasteiger partial charge on any atom is -0.304 e. The van der Waals surface area contributed by atoms with Crippen molar-refractivity contribution < 1.29 is 0 Å². The lowest BCUT2D eigenvalue weighted by molar-refractivity contribution is 0.153. The molecule has 1 heterocycles. The summed E-state index contributed by atoms with van der Waals surface area (Å²) in [5.41, 5.74) is 3.97. The van der Waals surface area contributed by atoms with E-state index in [4.69, 9.17) is 5.41 Å². The van der Waals surface area contributed by atoms with Crippen molar-refractivity contribution in [3.8, 4) is 0 Å². The molecule has 4 nitrogen and oxygen atoms in total. The van der Waals surface area contributed by atoms with Gasteiger partial charge < -0.3 is 9.80 Å². The fraction of sp³-hybridized carbons (Fsp3) is 0.800. The molecule has 1 rings (SSSR count). The summed E-state index contributed by atoms with van der Waals surface area (Å²) in [4.78, 5) is 9.26. The zero-order valence-electron chi connectivity index (χ0n) is 17.0. The van der Waals surface area contributed by atoms with E-state index >= 15 is 0 Å². The number of piperazine rings is 1. The van der Waals surface area contributed by atoms with Crippen molar-refractivity contribution >= 4 is 12.1 Å². The molecule has 1 aliphatic heterocycles. The summed E-state index contributed by atoms with van der Waals surface area (Å²) in [7, 11) is 2.20. The molecule has 0 bridgehead atoms. The normalized spacial score (nSPS) is 17.8. The van der Waals surface area contributed by atoms with Crippen LogP contribution in [0, 0.1) is 5.41 Å². The number of likely N-dealkylation sites (N-methyl/N-ethyl adjacent to an activating group) is 1. The molecule has 0 spiro atoms.